The van der Waals surface area contributed by atoms with Crippen LogP contribution in [-0.2, 0) is 9.16 Å². The van der Waals surface area contributed by atoms with Crippen LogP contribution in [0.1, 0.15) is 48.5 Å². The molecule has 0 aliphatic heterocycles. The van der Waals surface area contributed by atoms with Crippen LogP contribution in [-0.4, -0.2) is 32.7 Å². The molecule has 0 saturated carbocycles. The number of hydrogen-bond acceptors (Lipinski definition) is 3. The zero-order valence-electron chi connectivity index (χ0n) is 14.0. The highest BCUT2D eigenvalue weighted by molar-refractivity contribution is 6.74. The summed E-state index contributed by atoms with van der Waals surface area (Å²) in [6.45, 7) is 19.0. The molecule has 0 aromatic rings. The van der Waals surface area contributed by atoms with Gasteiger partial charge in [0.25, 0.3) is 0 Å². The molecule has 0 aromatic heterocycles. The van der Waals surface area contributed by atoms with Gasteiger partial charge in [0.05, 0.1) is 12.6 Å². The van der Waals surface area contributed by atoms with Crippen LogP contribution in [0, 0.1) is 0 Å². The Morgan fingerprint density at radius 1 is 1.16 bits per heavy atom. The van der Waals surface area contributed by atoms with Crippen molar-refractivity contribution in [2.24, 2.45) is 0 Å². The van der Waals surface area contributed by atoms with E-state index >= 15 is 0 Å². The molecule has 0 rings (SSSR count). The van der Waals surface area contributed by atoms with Crippen molar-refractivity contribution >= 4 is 14.4 Å². The first-order valence-electron chi connectivity index (χ1n) is 6.88. The molecule has 1 unspecified atom stereocenters. The zero-order valence-corrected chi connectivity index (χ0v) is 15.0. The van der Waals surface area contributed by atoms with Gasteiger partial charge in [-0.3, -0.25) is 0 Å². The Morgan fingerprint density at radius 3 is 2.00 bits per heavy atom. The number of hydrogen-bond donors (Lipinski definition) is 1. The molecule has 0 aromatic carbocycles. The van der Waals surface area contributed by atoms with Crippen LogP contribution in [0.3, 0.4) is 0 Å². The van der Waals surface area contributed by atoms with Gasteiger partial charge in [0, 0.05) is 0 Å². The fourth-order valence-electron chi connectivity index (χ4n) is 1.10. The number of rotatable bonds is 4. The minimum Gasteiger partial charge on any atom is -0.444 e. The molecule has 0 saturated heterocycles. The van der Waals surface area contributed by atoms with Gasteiger partial charge in [-0.1, -0.05) is 20.8 Å². The van der Waals surface area contributed by atoms with Crippen molar-refractivity contribution < 1.29 is 14.0 Å². The first-order valence-corrected chi connectivity index (χ1v) is 9.79. The van der Waals surface area contributed by atoms with Crippen molar-refractivity contribution in [3.8, 4) is 0 Å². The molecule has 0 fully saturated rings. The molecule has 1 amide bonds. The number of carbonyl (C=O) groups excluding carboxylic acids is 1. The van der Waals surface area contributed by atoms with Crippen LogP contribution in [0.15, 0.2) is 0 Å². The summed E-state index contributed by atoms with van der Waals surface area (Å²) in [4.78, 5) is 11.6. The van der Waals surface area contributed by atoms with E-state index in [9.17, 15) is 4.79 Å². The number of amides is 1. The first-order chi connectivity index (χ1) is 8.24. The van der Waals surface area contributed by atoms with E-state index in [0.717, 1.165) is 0 Å². The Morgan fingerprint density at radius 2 is 1.63 bits per heavy atom. The minimum atomic E-state index is -1.76. The van der Waals surface area contributed by atoms with E-state index < -0.39 is 13.9 Å². The Balaban J connectivity index is 4.20. The highest BCUT2D eigenvalue weighted by Gasteiger charge is 2.37. The van der Waals surface area contributed by atoms with Gasteiger partial charge in [-0.25, -0.2) is 4.79 Å². The Kier molecular flexibility index (Phi) is 6.08. The minimum absolute atomic E-state index is 0.0519. The quantitative estimate of drug-likeness (QED) is 0.798. The van der Waals surface area contributed by atoms with Crippen LogP contribution in [0.5, 0.6) is 0 Å². The maximum absolute atomic E-state index is 11.6. The standard InChI is InChI=1S/C14H31NO3Si/c1-11(15-12(16)18-13(2,3)4)10-17-19(8,9)14(5,6)7/h11H,10H2,1-9H3,(H,15,16). The van der Waals surface area contributed by atoms with E-state index in [4.69, 9.17) is 9.16 Å². The zero-order chi connectivity index (χ0) is 15.5. The van der Waals surface area contributed by atoms with Gasteiger partial charge in [0.1, 0.15) is 5.60 Å². The van der Waals surface area contributed by atoms with Crippen molar-refractivity contribution in [2.45, 2.75) is 78.2 Å². The predicted octanol–water partition coefficient (Wildman–Crippen LogP) is 3.92. The summed E-state index contributed by atoms with van der Waals surface area (Å²) in [5.41, 5.74) is -0.468. The summed E-state index contributed by atoms with van der Waals surface area (Å²) in [5.74, 6) is 0. The molecular weight excluding hydrogens is 258 g/mol. The van der Waals surface area contributed by atoms with Gasteiger partial charge in [-0.05, 0) is 45.8 Å². The van der Waals surface area contributed by atoms with E-state index in [1.807, 2.05) is 27.7 Å². The second-order valence-electron chi connectivity index (χ2n) is 7.62. The molecule has 1 atom stereocenters. The van der Waals surface area contributed by atoms with Gasteiger partial charge in [0.2, 0.25) is 0 Å². The van der Waals surface area contributed by atoms with Gasteiger partial charge >= 0.3 is 6.09 Å². The molecule has 0 radical (unpaired) electrons. The molecule has 1 N–H and O–H groups in total. The summed E-state index contributed by atoms with van der Waals surface area (Å²) >= 11 is 0. The van der Waals surface area contributed by atoms with E-state index in [1.165, 1.54) is 0 Å². The van der Waals surface area contributed by atoms with Gasteiger partial charge in [-0.2, -0.15) is 0 Å². The van der Waals surface area contributed by atoms with E-state index in [-0.39, 0.29) is 17.2 Å². The lowest BCUT2D eigenvalue weighted by molar-refractivity contribution is 0.0491. The Labute approximate surface area is 119 Å². The molecule has 0 spiro atoms. The summed E-state index contributed by atoms with van der Waals surface area (Å²) in [6, 6.07) is -0.0519. The van der Waals surface area contributed by atoms with Crippen molar-refractivity contribution in [1.29, 1.82) is 0 Å². The molecule has 0 heterocycles. The van der Waals surface area contributed by atoms with Crippen LogP contribution >= 0.6 is 0 Å². The second kappa shape index (κ2) is 6.26. The maximum Gasteiger partial charge on any atom is 0.407 e. The van der Waals surface area contributed by atoms with Crippen LogP contribution in [0.2, 0.25) is 18.1 Å². The van der Waals surface area contributed by atoms with E-state index in [2.05, 4.69) is 39.2 Å². The Bertz CT molecular complexity index is 303. The van der Waals surface area contributed by atoms with Gasteiger partial charge in [-0.15, -0.1) is 0 Å². The molecular formula is C14H31NO3Si. The number of nitrogens with one attached hydrogen (secondary N) is 1. The molecule has 4 nitrogen and oxygen atoms in total. The number of carbonyl (C=O) groups is 1. The molecule has 0 aliphatic carbocycles. The van der Waals surface area contributed by atoms with Crippen LogP contribution in [0.4, 0.5) is 4.79 Å². The fourth-order valence-corrected chi connectivity index (χ4v) is 2.20. The number of alkyl carbamates (subject to hydrolysis) is 1. The maximum atomic E-state index is 11.6. The van der Waals surface area contributed by atoms with Gasteiger partial charge < -0.3 is 14.5 Å². The summed E-state index contributed by atoms with van der Waals surface area (Å²) in [6.07, 6.45) is -0.390. The highest BCUT2D eigenvalue weighted by Crippen LogP contribution is 2.36. The van der Waals surface area contributed by atoms with E-state index in [1.54, 1.807) is 0 Å². The van der Waals surface area contributed by atoms with E-state index in [0.29, 0.717) is 6.61 Å². The first kappa shape index (κ1) is 18.4. The van der Waals surface area contributed by atoms with Crippen molar-refractivity contribution in [3.63, 3.8) is 0 Å². The average molecular weight is 289 g/mol. The highest BCUT2D eigenvalue weighted by atomic mass is 28.4. The lowest BCUT2D eigenvalue weighted by Gasteiger charge is -2.37. The summed E-state index contributed by atoms with van der Waals surface area (Å²) in [7, 11) is -1.76. The average Bonchev–Trinajstić information content (AvgIpc) is 2.09. The van der Waals surface area contributed by atoms with Crippen LogP contribution < -0.4 is 5.32 Å². The van der Waals surface area contributed by atoms with Crippen molar-refractivity contribution in [3.05, 3.63) is 0 Å². The van der Waals surface area contributed by atoms with Crippen LogP contribution in [0.25, 0.3) is 0 Å². The fraction of sp³-hybridized carbons (Fsp3) is 0.929. The summed E-state index contributed by atoms with van der Waals surface area (Å²) in [5, 5.41) is 2.98. The molecule has 0 bridgehead atoms. The molecule has 5 heteroatoms. The number of ether oxygens (including phenoxy) is 1. The molecule has 19 heavy (non-hydrogen) atoms. The summed E-state index contributed by atoms with van der Waals surface area (Å²) < 4.78 is 11.3. The molecule has 0 aliphatic rings. The lowest BCUT2D eigenvalue weighted by atomic mass is 10.2. The lowest BCUT2D eigenvalue weighted by Crippen LogP contribution is -2.46. The largest absolute Gasteiger partial charge is 0.444 e. The third-order valence-corrected chi connectivity index (χ3v) is 7.76. The third-order valence-electron chi connectivity index (χ3n) is 3.26. The molecule has 114 valence electrons. The van der Waals surface area contributed by atoms with Crippen molar-refractivity contribution in [1.82, 2.24) is 5.32 Å². The topological polar surface area (TPSA) is 47.6 Å². The van der Waals surface area contributed by atoms with Crippen molar-refractivity contribution in [2.75, 3.05) is 6.61 Å². The Hall–Kier alpha value is -0.553. The predicted molar refractivity (Wildman–Crippen MR) is 82.0 cm³/mol. The smallest absolute Gasteiger partial charge is 0.407 e. The monoisotopic (exact) mass is 289 g/mol. The third kappa shape index (κ3) is 7.57. The van der Waals surface area contributed by atoms with Gasteiger partial charge in [0.15, 0.2) is 8.32 Å². The SMILES string of the molecule is CC(CO[Si](C)(C)C(C)(C)C)NC(=O)OC(C)(C)C. The second-order valence-corrected chi connectivity index (χ2v) is 12.4. The normalized spacial score (nSPS) is 15.0.